The van der Waals surface area contributed by atoms with Crippen molar-refractivity contribution >= 4 is 16.5 Å². The second-order valence-corrected chi connectivity index (χ2v) is 4.83. The van der Waals surface area contributed by atoms with Crippen molar-refractivity contribution in [3.05, 3.63) is 29.2 Å². The van der Waals surface area contributed by atoms with Crippen LogP contribution in [0.3, 0.4) is 0 Å². The SMILES string of the molecule is CC.CC.CCN(C)c1nc(C)cs1.COc1cncc(C)n1. The van der Waals surface area contributed by atoms with Crippen molar-refractivity contribution in [2.75, 3.05) is 25.6 Å². The molecule has 0 aliphatic carbocycles. The minimum absolute atomic E-state index is 0.565. The van der Waals surface area contributed by atoms with Gasteiger partial charge in [0.2, 0.25) is 5.88 Å². The summed E-state index contributed by atoms with van der Waals surface area (Å²) in [5.41, 5.74) is 1.98. The normalized spacial score (nSPS) is 8.39. The highest BCUT2D eigenvalue weighted by Gasteiger charge is 2.00. The van der Waals surface area contributed by atoms with Crippen LogP contribution in [-0.2, 0) is 0 Å². The molecule has 2 aromatic rings. The molecule has 6 heteroatoms. The molecule has 0 unspecified atom stereocenters. The summed E-state index contributed by atoms with van der Waals surface area (Å²) < 4.78 is 4.82. The summed E-state index contributed by atoms with van der Waals surface area (Å²) in [5, 5.41) is 3.18. The van der Waals surface area contributed by atoms with Crippen LogP contribution in [0, 0.1) is 13.8 Å². The van der Waals surface area contributed by atoms with E-state index in [0.717, 1.165) is 23.1 Å². The summed E-state index contributed by atoms with van der Waals surface area (Å²) in [4.78, 5) is 14.3. The first kappa shape index (κ1) is 23.6. The van der Waals surface area contributed by atoms with Gasteiger partial charge in [-0.15, -0.1) is 11.3 Å². The number of anilines is 1. The topological polar surface area (TPSA) is 51.1 Å². The first-order valence-corrected chi connectivity index (χ1v) is 8.90. The molecule has 0 N–H and O–H groups in total. The number of methoxy groups -OCH3 is 1. The Balaban J connectivity index is 0. The third-order valence-corrected chi connectivity index (χ3v) is 3.42. The zero-order valence-corrected chi connectivity index (χ0v) is 16.9. The van der Waals surface area contributed by atoms with E-state index in [-0.39, 0.29) is 0 Å². The molecule has 0 amide bonds. The van der Waals surface area contributed by atoms with E-state index in [4.69, 9.17) is 4.74 Å². The Labute approximate surface area is 145 Å². The first-order valence-electron chi connectivity index (χ1n) is 8.02. The Morgan fingerprint density at radius 3 is 2.00 bits per heavy atom. The van der Waals surface area contributed by atoms with Gasteiger partial charge >= 0.3 is 0 Å². The summed E-state index contributed by atoms with van der Waals surface area (Å²) in [5.74, 6) is 0.565. The maximum atomic E-state index is 4.82. The van der Waals surface area contributed by atoms with Crippen molar-refractivity contribution in [3.63, 3.8) is 0 Å². The quantitative estimate of drug-likeness (QED) is 0.806. The fourth-order valence-corrected chi connectivity index (χ4v) is 2.03. The van der Waals surface area contributed by atoms with E-state index in [2.05, 4.69) is 39.2 Å². The molecular weight excluding hydrogens is 308 g/mol. The van der Waals surface area contributed by atoms with E-state index in [1.54, 1.807) is 30.8 Å². The highest BCUT2D eigenvalue weighted by Crippen LogP contribution is 2.17. The third kappa shape index (κ3) is 10.6. The lowest BCUT2D eigenvalue weighted by Crippen LogP contribution is -2.15. The minimum Gasteiger partial charge on any atom is -0.480 e. The first-order chi connectivity index (χ1) is 11.1. The Morgan fingerprint density at radius 2 is 1.65 bits per heavy atom. The molecule has 0 fully saturated rings. The number of thiazole rings is 1. The average Bonchev–Trinajstić information content (AvgIpc) is 3.05. The van der Waals surface area contributed by atoms with Crippen LogP contribution in [0.4, 0.5) is 5.13 Å². The number of ether oxygens (including phenoxy) is 1. The van der Waals surface area contributed by atoms with Crippen molar-refractivity contribution in [1.82, 2.24) is 15.0 Å². The lowest BCUT2D eigenvalue weighted by Gasteiger charge is -2.10. The van der Waals surface area contributed by atoms with E-state index in [9.17, 15) is 0 Å². The van der Waals surface area contributed by atoms with E-state index in [1.807, 2.05) is 41.5 Å². The van der Waals surface area contributed by atoms with Crippen LogP contribution in [0.1, 0.15) is 46.0 Å². The van der Waals surface area contributed by atoms with Gasteiger partial charge < -0.3 is 9.64 Å². The smallest absolute Gasteiger partial charge is 0.232 e. The molecule has 23 heavy (non-hydrogen) atoms. The highest BCUT2D eigenvalue weighted by molar-refractivity contribution is 7.13. The molecule has 2 rings (SSSR count). The third-order valence-electron chi connectivity index (χ3n) is 2.35. The zero-order valence-electron chi connectivity index (χ0n) is 16.0. The molecule has 0 aromatic carbocycles. The molecule has 2 heterocycles. The molecule has 0 aliphatic rings. The number of nitrogens with zero attached hydrogens (tertiary/aromatic N) is 4. The average molecular weight is 341 g/mol. The maximum absolute atomic E-state index is 4.82. The Hall–Kier alpha value is -1.69. The van der Waals surface area contributed by atoms with Crippen LogP contribution in [0.25, 0.3) is 0 Å². The van der Waals surface area contributed by atoms with Crippen LogP contribution in [0.2, 0.25) is 0 Å². The lowest BCUT2D eigenvalue weighted by atomic mass is 10.5. The summed E-state index contributed by atoms with van der Waals surface area (Å²) in [6.07, 6.45) is 3.26. The van der Waals surface area contributed by atoms with Gasteiger partial charge in [-0.1, -0.05) is 27.7 Å². The molecule has 5 nitrogen and oxygen atoms in total. The van der Waals surface area contributed by atoms with Gasteiger partial charge in [0.05, 0.1) is 24.7 Å². The van der Waals surface area contributed by atoms with Crippen LogP contribution >= 0.6 is 11.3 Å². The molecular formula is C17H32N4OS. The Morgan fingerprint density at radius 1 is 1.04 bits per heavy atom. The standard InChI is InChI=1S/C7H12N2S.C6H8N2O.2C2H6/c1-4-9(3)7-8-6(2)5-10-7;1-5-3-7-4-6(8-5)9-2;2*1-2/h5H,4H2,1-3H3;3-4H,1-2H3;2*1-2H3. The second kappa shape index (κ2) is 15.2. The molecule has 0 saturated carbocycles. The second-order valence-electron chi connectivity index (χ2n) is 3.99. The van der Waals surface area contributed by atoms with Crippen LogP contribution in [0.15, 0.2) is 17.8 Å². The van der Waals surface area contributed by atoms with Crippen molar-refractivity contribution in [3.8, 4) is 5.88 Å². The molecule has 2 aromatic heterocycles. The van der Waals surface area contributed by atoms with Gasteiger partial charge in [-0.3, -0.25) is 4.98 Å². The summed E-state index contributed by atoms with van der Waals surface area (Å²) >= 11 is 1.70. The molecule has 0 spiro atoms. The molecule has 132 valence electrons. The van der Waals surface area contributed by atoms with Crippen LogP contribution < -0.4 is 9.64 Å². The monoisotopic (exact) mass is 340 g/mol. The predicted molar refractivity (Wildman–Crippen MR) is 102 cm³/mol. The van der Waals surface area contributed by atoms with E-state index >= 15 is 0 Å². The number of hydrogen-bond donors (Lipinski definition) is 0. The van der Waals surface area contributed by atoms with Crippen LogP contribution in [0.5, 0.6) is 5.88 Å². The van der Waals surface area contributed by atoms with Gasteiger partial charge in [0.1, 0.15) is 0 Å². The molecule has 0 atom stereocenters. The summed E-state index contributed by atoms with van der Waals surface area (Å²) in [6.45, 7) is 15.0. The maximum Gasteiger partial charge on any atom is 0.232 e. The Kier molecular flexibility index (Phi) is 15.6. The fraction of sp³-hybridized carbons (Fsp3) is 0.588. The van der Waals surface area contributed by atoms with Gasteiger partial charge in [-0.2, -0.15) is 0 Å². The lowest BCUT2D eigenvalue weighted by molar-refractivity contribution is 0.394. The van der Waals surface area contributed by atoms with Gasteiger partial charge in [-0.25, -0.2) is 9.97 Å². The molecule has 0 saturated heterocycles. The van der Waals surface area contributed by atoms with Crippen molar-refractivity contribution in [2.45, 2.75) is 48.5 Å². The number of aromatic nitrogens is 3. The van der Waals surface area contributed by atoms with Gasteiger partial charge in [0.25, 0.3) is 0 Å². The van der Waals surface area contributed by atoms with Crippen molar-refractivity contribution in [1.29, 1.82) is 0 Å². The summed E-state index contributed by atoms with van der Waals surface area (Å²) in [7, 11) is 3.63. The van der Waals surface area contributed by atoms with Crippen molar-refractivity contribution in [2.24, 2.45) is 0 Å². The molecule has 0 aliphatic heterocycles. The molecule has 0 radical (unpaired) electrons. The predicted octanol–water partition coefficient (Wildman–Crippen LogP) is 4.75. The largest absolute Gasteiger partial charge is 0.480 e. The van der Waals surface area contributed by atoms with Gasteiger partial charge in [0, 0.05) is 25.2 Å². The number of aryl methyl sites for hydroxylation is 2. The van der Waals surface area contributed by atoms with E-state index in [0.29, 0.717) is 5.88 Å². The van der Waals surface area contributed by atoms with Gasteiger partial charge in [0.15, 0.2) is 5.13 Å². The summed E-state index contributed by atoms with van der Waals surface area (Å²) in [6, 6.07) is 0. The van der Waals surface area contributed by atoms with Crippen molar-refractivity contribution < 1.29 is 4.74 Å². The van der Waals surface area contributed by atoms with E-state index in [1.165, 1.54) is 0 Å². The highest BCUT2D eigenvalue weighted by atomic mass is 32.1. The van der Waals surface area contributed by atoms with E-state index < -0.39 is 0 Å². The Bertz CT molecular complexity index is 503. The number of rotatable bonds is 3. The zero-order chi connectivity index (χ0) is 18.3. The molecule has 0 bridgehead atoms. The number of hydrogen-bond acceptors (Lipinski definition) is 6. The minimum atomic E-state index is 0.565. The fourth-order valence-electron chi connectivity index (χ4n) is 1.19. The van der Waals surface area contributed by atoms with Crippen LogP contribution in [-0.4, -0.2) is 35.7 Å². The van der Waals surface area contributed by atoms with Gasteiger partial charge in [-0.05, 0) is 20.8 Å².